The van der Waals surface area contributed by atoms with Gasteiger partial charge in [-0.05, 0) is 38.7 Å². The van der Waals surface area contributed by atoms with E-state index in [-0.39, 0.29) is 0 Å². The molecule has 98 valence electrons. The van der Waals surface area contributed by atoms with Crippen molar-refractivity contribution >= 4 is 32.3 Å². The van der Waals surface area contributed by atoms with Crippen LogP contribution in [-0.4, -0.2) is 0 Å². The summed E-state index contributed by atoms with van der Waals surface area (Å²) < 4.78 is 0. The zero-order chi connectivity index (χ0) is 13.9. The Kier molecular flexibility index (Phi) is 3.39. The molecule has 4 aromatic carbocycles. The highest BCUT2D eigenvalue weighted by atomic mass is 14.1. The van der Waals surface area contributed by atoms with Gasteiger partial charge in [0.05, 0.1) is 0 Å². The molecule has 4 aromatic rings. The van der Waals surface area contributed by atoms with E-state index in [0.717, 1.165) is 6.42 Å². The fourth-order valence-corrected chi connectivity index (χ4v) is 2.67. The van der Waals surface area contributed by atoms with Gasteiger partial charge in [0, 0.05) is 0 Å². The van der Waals surface area contributed by atoms with Crippen molar-refractivity contribution in [1.82, 2.24) is 0 Å². The zero-order valence-corrected chi connectivity index (χ0v) is 11.8. The lowest BCUT2D eigenvalue weighted by Crippen LogP contribution is -1.82. The average molecular weight is 258 g/mol. The molecule has 0 amide bonds. The van der Waals surface area contributed by atoms with Gasteiger partial charge in [-0.3, -0.25) is 0 Å². The van der Waals surface area contributed by atoms with Gasteiger partial charge >= 0.3 is 0 Å². The first kappa shape index (κ1) is 12.7. The molecule has 0 aliphatic carbocycles. The molecule has 0 spiro atoms. The van der Waals surface area contributed by atoms with Crippen molar-refractivity contribution in [3.05, 3.63) is 73.3 Å². The van der Waals surface area contributed by atoms with E-state index in [2.05, 4.69) is 74.2 Å². The third kappa shape index (κ3) is 2.04. The monoisotopic (exact) mass is 258 g/mol. The fourth-order valence-electron chi connectivity index (χ4n) is 2.67. The maximum absolute atomic E-state index is 3.48. The van der Waals surface area contributed by atoms with Crippen molar-refractivity contribution in [3.8, 4) is 0 Å². The molecule has 0 atom stereocenters. The lowest BCUT2D eigenvalue weighted by molar-refractivity contribution is 1.23. The summed E-state index contributed by atoms with van der Waals surface area (Å²) in [6.45, 7) is 5.54. The van der Waals surface area contributed by atoms with Crippen molar-refractivity contribution in [3.63, 3.8) is 0 Å². The molecule has 0 aliphatic heterocycles. The molecular formula is C20H18. The number of benzene rings is 4. The maximum Gasteiger partial charge on any atom is -0.00268 e. The first-order chi connectivity index (χ1) is 9.85. The van der Waals surface area contributed by atoms with Gasteiger partial charge in [0.25, 0.3) is 0 Å². The molecule has 0 bridgehead atoms. The average Bonchev–Trinajstić information content (AvgIpc) is 2.53. The molecule has 0 radical (unpaired) electrons. The van der Waals surface area contributed by atoms with Crippen LogP contribution in [0, 0.1) is 0 Å². The van der Waals surface area contributed by atoms with Crippen molar-refractivity contribution in [2.75, 3.05) is 0 Å². The summed E-state index contributed by atoms with van der Waals surface area (Å²) in [5.74, 6) is 0. The van der Waals surface area contributed by atoms with Crippen LogP contribution in [-0.2, 0) is 0 Å². The summed E-state index contributed by atoms with van der Waals surface area (Å²) in [5.41, 5.74) is 0. The standard InChI is InChI=1S/C16H10.C4H8/c1-3-11-7-9-13-5-2-6-14-10-8-12(4-1)15(11)16(13)14;1-3-4-2/h1-10H;3H,1,4H2,2H3. The Bertz CT molecular complexity index is 726. The first-order valence-electron chi connectivity index (χ1n) is 7.08. The fraction of sp³-hybridized carbons (Fsp3) is 0.100. The molecule has 0 fully saturated rings. The molecule has 0 nitrogen and oxygen atoms in total. The van der Waals surface area contributed by atoms with Crippen LogP contribution in [0.1, 0.15) is 13.3 Å². The summed E-state index contributed by atoms with van der Waals surface area (Å²) in [6.07, 6.45) is 2.96. The first-order valence-corrected chi connectivity index (χ1v) is 7.08. The molecule has 0 saturated carbocycles. The summed E-state index contributed by atoms with van der Waals surface area (Å²) in [7, 11) is 0. The predicted octanol–water partition coefficient (Wildman–Crippen LogP) is 6.17. The van der Waals surface area contributed by atoms with Gasteiger partial charge in [-0.2, -0.15) is 0 Å². The third-order valence-electron chi connectivity index (χ3n) is 3.68. The lowest BCUT2D eigenvalue weighted by Gasteiger charge is -2.09. The highest BCUT2D eigenvalue weighted by Crippen LogP contribution is 2.33. The van der Waals surface area contributed by atoms with Crippen LogP contribution in [0.15, 0.2) is 73.3 Å². The van der Waals surface area contributed by atoms with Crippen LogP contribution in [0.25, 0.3) is 32.3 Å². The van der Waals surface area contributed by atoms with E-state index in [1.54, 1.807) is 0 Å². The minimum Gasteiger partial charge on any atom is -0.103 e. The van der Waals surface area contributed by atoms with Crippen molar-refractivity contribution < 1.29 is 0 Å². The van der Waals surface area contributed by atoms with E-state index >= 15 is 0 Å². The largest absolute Gasteiger partial charge is 0.103 e. The van der Waals surface area contributed by atoms with Gasteiger partial charge in [-0.25, -0.2) is 0 Å². The summed E-state index contributed by atoms with van der Waals surface area (Å²) >= 11 is 0. The second-order valence-corrected chi connectivity index (χ2v) is 4.99. The van der Waals surface area contributed by atoms with Crippen LogP contribution in [0.2, 0.25) is 0 Å². The van der Waals surface area contributed by atoms with E-state index in [9.17, 15) is 0 Å². The Morgan fingerprint density at radius 2 is 1.00 bits per heavy atom. The van der Waals surface area contributed by atoms with Crippen molar-refractivity contribution in [2.45, 2.75) is 13.3 Å². The van der Waals surface area contributed by atoms with Gasteiger partial charge in [-0.1, -0.05) is 73.7 Å². The smallest absolute Gasteiger partial charge is 0.00268 e. The minimum atomic E-state index is 1.08. The summed E-state index contributed by atoms with van der Waals surface area (Å²) in [6, 6.07) is 21.9. The lowest BCUT2D eigenvalue weighted by atomic mass is 9.95. The molecule has 0 N–H and O–H groups in total. The van der Waals surface area contributed by atoms with Crippen LogP contribution < -0.4 is 0 Å². The number of hydrogen-bond acceptors (Lipinski definition) is 0. The molecule has 0 heterocycles. The topological polar surface area (TPSA) is 0 Å². The highest BCUT2D eigenvalue weighted by molar-refractivity contribution is 6.22. The van der Waals surface area contributed by atoms with E-state index in [4.69, 9.17) is 0 Å². The van der Waals surface area contributed by atoms with Crippen molar-refractivity contribution in [1.29, 1.82) is 0 Å². The van der Waals surface area contributed by atoms with Crippen LogP contribution in [0.3, 0.4) is 0 Å². The molecule has 4 rings (SSSR count). The molecule has 0 heteroatoms. The Labute approximate surface area is 119 Å². The second-order valence-electron chi connectivity index (χ2n) is 4.99. The predicted molar refractivity (Wildman–Crippen MR) is 90.6 cm³/mol. The molecule has 0 unspecified atom stereocenters. The second kappa shape index (κ2) is 5.34. The molecule has 20 heavy (non-hydrogen) atoms. The Morgan fingerprint density at radius 1 is 0.700 bits per heavy atom. The van der Waals surface area contributed by atoms with E-state index in [0.29, 0.717) is 0 Å². The van der Waals surface area contributed by atoms with Gasteiger partial charge in [0.15, 0.2) is 0 Å². The zero-order valence-electron chi connectivity index (χ0n) is 11.8. The SMILES string of the molecule is C=CCC.c1cc2ccc3cccc4ccc(c1)c2c34. The molecular weight excluding hydrogens is 240 g/mol. The normalized spacial score (nSPS) is 10.7. The maximum atomic E-state index is 3.48. The van der Waals surface area contributed by atoms with E-state index in [1.807, 2.05) is 6.08 Å². The van der Waals surface area contributed by atoms with Crippen LogP contribution in [0.5, 0.6) is 0 Å². The molecule has 0 aliphatic rings. The highest BCUT2D eigenvalue weighted by Gasteiger charge is 2.05. The van der Waals surface area contributed by atoms with Crippen molar-refractivity contribution in [2.24, 2.45) is 0 Å². The van der Waals surface area contributed by atoms with Crippen LogP contribution >= 0.6 is 0 Å². The third-order valence-corrected chi connectivity index (χ3v) is 3.68. The summed E-state index contributed by atoms with van der Waals surface area (Å²) in [5, 5.41) is 8.14. The van der Waals surface area contributed by atoms with Gasteiger partial charge in [0.2, 0.25) is 0 Å². The van der Waals surface area contributed by atoms with Gasteiger partial charge in [0.1, 0.15) is 0 Å². The molecule has 0 aromatic heterocycles. The number of hydrogen-bond donors (Lipinski definition) is 0. The van der Waals surface area contributed by atoms with Crippen LogP contribution in [0.4, 0.5) is 0 Å². The number of allylic oxidation sites excluding steroid dienone is 1. The number of rotatable bonds is 1. The van der Waals surface area contributed by atoms with E-state index in [1.165, 1.54) is 32.3 Å². The van der Waals surface area contributed by atoms with Gasteiger partial charge < -0.3 is 0 Å². The Hall–Kier alpha value is -2.34. The quantitative estimate of drug-likeness (QED) is 0.283. The minimum absolute atomic E-state index is 1.08. The molecule has 0 saturated heterocycles. The summed E-state index contributed by atoms with van der Waals surface area (Å²) in [4.78, 5) is 0. The Morgan fingerprint density at radius 3 is 1.25 bits per heavy atom. The Balaban J connectivity index is 0.000000272. The van der Waals surface area contributed by atoms with Gasteiger partial charge in [-0.15, -0.1) is 6.58 Å². The van der Waals surface area contributed by atoms with E-state index < -0.39 is 0 Å².